The Morgan fingerprint density at radius 3 is 2.59 bits per heavy atom. The molecule has 17 heavy (non-hydrogen) atoms. The van der Waals surface area contributed by atoms with E-state index in [0.717, 1.165) is 39.3 Å². The van der Waals surface area contributed by atoms with E-state index in [1.165, 1.54) is 22.5 Å². The molecule has 1 N–H and O–H groups in total. The fourth-order valence-corrected chi connectivity index (χ4v) is 2.75. The second-order valence-corrected chi connectivity index (χ2v) is 5.08. The second kappa shape index (κ2) is 4.27. The van der Waals surface area contributed by atoms with Crippen molar-refractivity contribution < 1.29 is 0 Å². The summed E-state index contributed by atoms with van der Waals surface area (Å²) in [6, 6.07) is 0. The van der Waals surface area contributed by atoms with Crippen LogP contribution in [0.5, 0.6) is 0 Å². The Balaban J connectivity index is 1.91. The predicted molar refractivity (Wildman–Crippen MR) is 69.2 cm³/mol. The van der Waals surface area contributed by atoms with Gasteiger partial charge in [0, 0.05) is 45.0 Å². The summed E-state index contributed by atoms with van der Waals surface area (Å²) >= 11 is 0. The molecule has 92 valence electrons. The zero-order valence-corrected chi connectivity index (χ0v) is 10.7. The van der Waals surface area contributed by atoms with Gasteiger partial charge >= 0.3 is 0 Å². The first kappa shape index (κ1) is 11.0. The molecular formula is C13H20N4. The molecule has 0 unspecified atom stereocenters. The fraction of sp³-hybridized carbons (Fsp3) is 0.615. The van der Waals surface area contributed by atoms with Gasteiger partial charge in [-0.2, -0.15) is 0 Å². The van der Waals surface area contributed by atoms with Crippen molar-refractivity contribution >= 4 is 5.69 Å². The van der Waals surface area contributed by atoms with E-state index in [9.17, 15) is 0 Å². The van der Waals surface area contributed by atoms with Crippen LogP contribution in [0.15, 0.2) is 6.20 Å². The van der Waals surface area contributed by atoms with Crippen LogP contribution >= 0.6 is 0 Å². The van der Waals surface area contributed by atoms with Crippen molar-refractivity contribution in [2.75, 3.05) is 38.1 Å². The Kier molecular flexibility index (Phi) is 2.76. The lowest BCUT2D eigenvalue weighted by atomic mass is 10.1. The van der Waals surface area contributed by atoms with Gasteiger partial charge < -0.3 is 15.1 Å². The molecule has 0 radical (unpaired) electrons. The Morgan fingerprint density at radius 1 is 1.12 bits per heavy atom. The van der Waals surface area contributed by atoms with Crippen molar-refractivity contribution in [3.63, 3.8) is 0 Å². The third-order valence-electron chi connectivity index (χ3n) is 3.94. The summed E-state index contributed by atoms with van der Waals surface area (Å²) in [6.45, 7) is 8.63. The number of hydrogen-bond acceptors (Lipinski definition) is 4. The highest BCUT2D eigenvalue weighted by Crippen LogP contribution is 2.28. The number of pyridine rings is 1. The van der Waals surface area contributed by atoms with Crippen molar-refractivity contribution in [3.05, 3.63) is 23.0 Å². The number of aryl methyl sites for hydroxylation is 1. The number of rotatable bonds is 1. The van der Waals surface area contributed by atoms with Gasteiger partial charge in [-0.1, -0.05) is 0 Å². The molecule has 0 atom stereocenters. The van der Waals surface area contributed by atoms with Crippen LogP contribution in [-0.2, 0) is 13.1 Å². The largest absolute Gasteiger partial charge is 0.367 e. The summed E-state index contributed by atoms with van der Waals surface area (Å²) in [5.41, 5.74) is 5.43. The number of fused-ring (bicyclic) bond motifs is 1. The van der Waals surface area contributed by atoms with E-state index in [2.05, 4.69) is 40.3 Å². The molecule has 0 saturated carbocycles. The van der Waals surface area contributed by atoms with Gasteiger partial charge in [0.15, 0.2) is 0 Å². The van der Waals surface area contributed by atoms with E-state index in [1.807, 2.05) is 0 Å². The first-order chi connectivity index (χ1) is 8.25. The number of likely N-dealkylation sites (N-methyl/N-ethyl adjacent to an activating group) is 1. The fourth-order valence-electron chi connectivity index (χ4n) is 2.75. The summed E-state index contributed by atoms with van der Waals surface area (Å²) in [4.78, 5) is 9.42. The maximum Gasteiger partial charge on any atom is 0.0602 e. The molecule has 2 aliphatic heterocycles. The molecule has 0 bridgehead atoms. The molecule has 1 saturated heterocycles. The first-order valence-corrected chi connectivity index (χ1v) is 6.37. The van der Waals surface area contributed by atoms with Crippen LogP contribution in [0.25, 0.3) is 0 Å². The molecule has 4 heteroatoms. The smallest absolute Gasteiger partial charge is 0.0602 e. The van der Waals surface area contributed by atoms with Crippen LogP contribution in [0.1, 0.15) is 16.8 Å². The van der Waals surface area contributed by atoms with E-state index >= 15 is 0 Å². The lowest BCUT2D eigenvalue weighted by molar-refractivity contribution is 0.312. The number of nitrogens with one attached hydrogen (secondary N) is 1. The number of hydrogen-bond donors (Lipinski definition) is 1. The predicted octanol–water partition coefficient (Wildman–Crippen LogP) is 0.745. The van der Waals surface area contributed by atoms with Gasteiger partial charge in [-0.05, 0) is 25.1 Å². The van der Waals surface area contributed by atoms with E-state index in [1.54, 1.807) is 0 Å². The maximum atomic E-state index is 4.55. The average molecular weight is 232 g/mol. The van der Waals surface area contributed by atoms with Crippen LogP contribution in [0.3, 0.4) is 0 Å². The van der Waals surface area contributed by atoms with Crippen LogP contribution in [0.4, 0.5) is 5.69 Å². The third kappa shape index (κ3) is 1.91. The highest BCUT2D eigenvalue weighted by molar-refractivity contribution is 5.58. The molecular weight excluding hydrogens is 212 g/mol. The molecule has 4 nitrogen and oxygen atoms in total. The monoisotopic (exact) mass is 232 g/mol. The van der Waals surface area contributed by atoms with Crippen molar-refractivity contribution in [2.45, 2.75) is 20.0 Å². The second-order valence-electron chi connectivity index (χ2n) is 5.08. The Labute approximate surface area is 103 Å². The third-order valence-corrected chi connectivity index (χ3v) is 3.94. The number of aromatic nitrogens is 1. The van der Waals surface area contributed by atoms with E-state index in [-0.39, 0.29) is 0 Å². The van der Waals surface area contributed by atoms with Gasteiger partial charge in [-0.3, -0.25) is 4.98 Å². The van der Waals surface area contributed by atoms with Crippen molar-refractivity contribution in [2.24, 2.45) is 0 Å². The quantitative estimate of drug-likeness (QED) is 0.774. The van der Waals surface area contributed by atoms with Crippen molar-refractivity contribution in [1.82, 2.24) is 15.2 Å². The van der Waals surface area contributed by atoms with E-state index in [0.29, 0.717) is 0 Å². The lowest BCUT2D eigenvalue weighted by Gasteiger charge is -2.35. The molecule has 1 fully saturated rings. The van der Waals surface area contributed by atoms with E-state index in [4.69, 9.17) is 0 Å². The summed E-state index contributed by atoms with van der Waals surface area (Å²) in [7, 11) is 2.19. The topological polar surface area (TPSA) is 31.4 Å². The highest BCUT2D eigenvalue weighted by atomic mass is 15.3. The summed E-state index contributed by atoms with van der Waals surface area (Å²) in [5.74, 6) is 0. The molecule has 0 aromatic carbocycles. The SMILES string of the molecule is Cc1ncc(N2CCN(C)CC2)c2c1CNC2. The number of anilines is 1. The molecule has 1 aromatic heterocycles. The Bertz CT molecular complexity index is 422. The number of nitrogens with zero attached hydrogens (tertiary/aromatic N) is 3. The highest BCUT2D eigenvalue weighted by Gasteiger charge is 2.22. The zero-order chi connectivity index (χ0) is 11.8. The van der Waals surface area contributed by atoms with Gasteiger partial charge in [0.2, 0.25) is 0 Å². The molecule has 2 aliphatic rings. The van der Waals surface area contributed by atoms with Crippen LogP contribution < -0.4 is 10.2 Å². The molecule has 0 aliphatic carbocycles. The molecule has 1 aromatic rings. The van der Waals surface area contributed by atoms with Gasteiger partial charge in [-0.25, -0.2) is 0 Å². The average Bonchev–Trinajstić information content (AvgIpc) is 2.81. The van der Waals surface area contributed by atoms with Gasteiger partial charge in [0.05, 0.1) is 11.9 Å². The first-order valence-electron chi connectivity index (χ1n) is 6.37. The number of piperazine rings is 1. The van der Waals surface area contributed by atoms with Crippen LogP contribution in [0, 0.1) is 6.92 Å². The minimum atomic E-state index is 0.982. The van der Waals surface area contributed by atoms with E-state index < -0.39 is 0 Å². The van der Waals surface area contributed by atoms with Crippen molar-refractivity contribution in [3.8, 4) is 0 Å². The standard InChI is InChI=1S/C13H20N4/c1-10-11-7-14-8-12(11)13(9-15-10)17-5-3-16(2)4-6-17/h9,14H,3-8H2,1-2H3. The Morgan fingerprint density at radius 2 is 1.82 bits per heavy atom. The minimum absolute atomic E-state index is 0.982. The van der Waals surface area contributed by atoms with Crippen LogP contribution in [-0.4, -0.2) is 43.1 Å². The minimum Gasteiger partial charge on any atom is -0.367 e. The zero-order valence-electron chi connectivity index (χ0n) is 10.7. The maximum absolute atomic E-state index is 4.55. The summed E-state index contributed by atoms with van der Waals surface area (Å²) in [5, 5.41) is 3.44. The molecule has 0 amide bonds. The van der Waals surface area contributed by atoms with Crippen LogP contribution in [0.2, 0.25) is 0 Å². The Hall–Kier alpha value is -1.13. The summed E-state index contributed by atoms with van der Waals surface area (Å²) < 4.78 is 0. The van der Waals surface area contributed by atoms with Gasteiger partial charge in [-0.15, -0.1) is 0 Å². The summed E-state index contributed by atoms with van der Waals surface area (Å²) in [6.07, 6.45) is 2.06. The molecule has 3 heterocycles. The van der Waals surface area contributed by atoms with Gasteiger partial charge in [0.1, 0.15) is 0 Å². The van der Waals surface area contributed by atoms with Crippen molar-refractivity contribution in [1.29, 1.82) is 0 Å². The molecule has 0 spiro atoms. The molecule has 3 rings (SSSR count). The van der Waals surface area contributed by atoms with Gasteiger partial charge in [0.25, 0.3) is 0 Å². The normalized spacial score (nSPS) is 20.7. The lowest BCUT2D eigenvalue weighted by Crippen LogP contribution is -2.44.